The van der Waals surface area contributed by atoms with Crippen molar-refractivity contribution < 1.29 is 9.53 Å². The Morgan fingerprint density at radius 3 is 2.86 bits per heavy atom. The second-order valence-electron chi connectivity index (χ2n) is 5.44. The van der Waals surface area contributed by atoms with Gasteiger partial charge in [-0.05, 0) is 44.2 Å². The van der Waals surface area contributed by atoms with Gasteiger partial charge < -0.3 is 10.1 Å². The van der Waals surface area contributed by atoms with Crippen LogP contribution in [-0.2, 0) is 9.53 Å². The lowest BCUT2D eigenvalue weighted by molar-refractivity contribution is -0.149. The average molecular weight is 313 g/mol. The van der Waals surface area contributed by atoms with E-state index < -0.39 is 5.54 Å². The summed E-state index contributed by atoms with van der Waals surface area (Å²) >= 11 is 1.49. The minimum Gasteiger partial charge on any atom is -0.465 e. The molecule has 1 atom stereocenters. The monoisotopic (exact) mass is 313 g/mol. The van der Waals surface area contributed by atoms with Crippen LogP contribution >= 0.6 is 11.8 Å². The molecule has 1 aromatic heterocycles. The largest absolute Gasteiger partial charge is 0.465 e. The lowest BCUT2D eigenvalue weighted by Gasteiger charge is -2.26. The first kappa shape index (κ1) is 16.2. The molecule has 0 amide bonds. The zero-order chi connectivity index (χ0) is 15.3. The number of nitrogens with zero attached hydrogens (tertiary/aromatic N) is 4. The van der Waals surface area contributed by atoms with Gasteiger partial charge in [0.05, 0.1) is 12.6 Å². The minimum absolute atomic E-state index is 0.250. The van der Waals surface area contributed by atoms with Gasteiger partial charge >= 0.3 is 5.97 Å². The lowest BCUT2D eigenvalue weighted by Crippen LogP contribution is -2.50. The molecule has 1 saturated carbocycles. The lowest BCUT2D eigenvalue weighted by atomic mass is 10.1. The van der Waals surface area contributed by atoms with Gasteiger partial charge in [0, 0.05) is 5.75 Å². The topological polar surface area (TPSA) is 81.9 Å². The quantitative estimate of drug-likeness (QED) is 0.602. The fourth-order valence-corrected chi connectivity index (χ4v) is 3.48. The van der Waals surface area contributed by atoms with E-state index in [1.807, 2.05) is 18.5 Å². The molecule has 8 heteroatoms. The molecule has 7 nitrogen and oxygen atoms in total. The first-order valence-corrected chi connectivity index (χ1v) is 8.36. The maximum atomic E-state index is 12.0. The molecule has 21 heavy (non-hydrogen) atoms. The molecule has 1 fully saturated rings. The van der Waals surface area contributed by atoms with Gasteiger partial charge in [-0.15, -0.1) is 5.10 Å². The van der Waals surface area contributed by atoms with Crippen molar-refractivity contribution in [1.29, 1.82) is 0 Å². The summed E-state index contributed by atoms with van der Waals surface area (Å²) in [6.07, 6.45) is 4.71. The summed E-state index contributed by atoms with van der Waals surface area (Å²) in [5, 5.41) is 15.8. The number of thioether (sulfide) groups is 1. The Balaban J connectivity index is 2.01. The van der Waals surface area contributed by atoms with Crippen LogP contribution in [0.25, 0.3) is 0 Å². The minimum atomic E-state index is -0.743. The first-order chi connectivity index (χ1) is 10.1. The summed E-state index contributed by atoms with van der Waals surface area (Å²) in [6.45, 7) is 4.02. The van der Waals surface area contributed by atoms with E-state index in [1.165, 1.54) is 24.6 Å². The van der Waals surface area contributed by atoms with Gasteiger partial charge in [0.15, 0.2) is 0 Å². The molecule has 1 heterocycles. The molecule has 1 unspecified atom stereocenters. The van der Waals surface area contributed by atoms with Gasteiger partial charge in [0.25, 0.3) is 0 Å². The molecular weight excluding hydrogens is 290 g/mol. The Bertz CT molecular complexity index is 475. The fourth-order valence-electron chi connectivity index (χ4n) is 2.39. The van der Waals surface area contributed by atoms with Crippen LogP contribution in [0, 0.1) is 0 Å². The summed E-state index contributed by atoms with van der Waals surface area (Å²) in [6, 6.07) is 0.394. The maximum absolute atomic E-state index is 12.0. The summed E-state index contributed by atoms with van der Waals surface area (Å²) in [7, 11) is 1.76. The number of likely N-dealkylation sites (N-methyl/N-ethyl adjacent to an activating group) is 1. The summed E-state index contributed by atoms with van der Waals surface area (Å²) < 4.78 is 7.03. The van der Waals surface area contributed by atoms with Crippen LogP contribution in [0.1, 0.15) is 45.6 Å². The second kappa shape index (κ2) is 7.22. The number of nitrogens with one attached hydrogen (secondary N) is 1. The van der Waals surface area contributed by atoms with Gasteiger partial charge in [-0.2, -0.15) is 0 Å². The van der Waals surface area contributed by atoms with E-state index in [-0.39, 0.29) is 5.97 Å². The number of ether oxygens (including phenoxy) is 1. The van der Waals surface area contributed by atoms with Crippen molar-refractivity contribution in [1.82, 2.24) is 25.5 Å². The Morgan fingerprint density at radius 2 is 2.24 bits per heavy atom. The summed E-state index contributed by atoms with van der Waals surface area (Å²) in [4.78, 5) is 12.0. The number of carbonyl (C=O) groups is 1. The van der Waals surface area contributed by atoms with E-state index in [1.54, 1.807) is 7.05 Å². The van der Waals surface area contributed by atoms with E-state index in [9.17, 15) is 4.79 Å². The van der Waals surface area contributed by atoms with Crippen molar-refractivity contribution in [3.8, 4) is 0 Å². The van der Waals surface area contributed by atoms with Crippen LogP contribution in [0.5, 0.6) is 0 Å². The van der Waals surface area contributed by atoms with Crippen molar-refractivity contribution >= 4 is 17.7 Å². The zero-order valence-corrected chi connectivity index (χ0v) is 13.7. The third kappa shape index (κ3) is 3.74. The number of hydrogen-bond acceptors (Lipinski definition) is 7. The molecule has 2 rings (SSSR count). The molecule has 1 aliphatic rings. The van der Waals surface area contributed by atoms with Crippen molar-refractivity contribution in [2.45, 2.75) is 56.3 Å². The predicted octanol–water partition coefficient (Wildman–Crippen LogP) is 1.42. The molecule has 0 spiro atoms. The molecule has 0 radical (unpaired) electrons. The van der Waals surface area contributed by atoms with E-state index in [0.29, 0.717) is 18.4 Å². The fraction of sp³-hybridized carbons (Fsp3) is 0.846. The SMILES string of the molecule is CCOC(=O)C(C)(CSc1nnnn1C1CCCC1)NC. The normalized spacial score (nSPS) is 18.6. The van der Waals surface area contributed by atoms with Gasteiger partial charge in [-0.25, -0.2) is 4.68 Å². The number of esters is 1. The standard InChI is InChI=1S/C13H23N5O2S/c1-4-20-11(19)13(2,14-3)9-21-12-15-16-17-18(12)10-7-5-6-8-10/h10,14H,4-9H2,1-3H3. The molecule has 0 aromatic carbocycles. The highest BCUT2D eigenvalue weighted by atomic mass is 32.2. The van der Waals surface area contributed by atoms with Gasteiger partial charge in [-0.3, -0.25) is 4.79 Å². The van der Waals surface area contributed by atoms with E-state index in [0.717, 1.165) is 18.0 Å². The van der Waals surface area contributed by atoms with Crippen LogP contribution < -0.4 is 5.32 Å². The van der Waals surface area contributed by atoms with E-state index in [4.69, 9.17) is 4.74 Å². The molecular formula is C13H23N5O2S. The van der Waals surface area contributed by atoms with Crippen LogP contribution in [0.2, 0.25) is 0 Å². The first-order valence-electron chi connectivity index (χ1n) is 7.37. The van der Waals surface area contributed by atoms with Gasteiger partial charge in [0.1, 0.15) is 5.54 Å². The summed E-state index contributed by atoms with van der Waals surface area (Å²) in [5.41, 5.74) is -0.743. The zero-order valence-electron chi connectivity index (χ0n) is 12.8. The van der Waals surface area contributed by atoms with Crippen molar-refractivity contribution in [3.05, 3.63) is 0 Å². The molecule has 0 saturated heterocycles. The van der Waals surface area contributed by atoms with Crippen molar-refractivity contribution in [2.24, 2.45) is 0 Å². The molecule has 0 aliphatic heterocycles. The molecule has 1 aliphatic carbocycles. The van der Waals surface area contributed by atoms with Crippen LogP contribution in [0.15, 0.2) is 5.16 Å². The Labute approximate surface area is 129 Å². The highest BCUT2D eigenvalue weighted by Crippen LogP contribution is 2.32. The van der Waals surface area contributed by atoms with Crippen molar-refractivity contribution in [3.63, 3.8) is 0 Å². The molecule has 118 valence electrons. The molecule has 0 bridgehead atoms. The number of rotatable bonds is 7. The highest BCUT2D eigenvalue weighted by Gasteiger charge is 2.34. The predicted molar refractivity (Wildman–Crippen MR) is 80.1 cm³/mol. The third-order valence-electron chi connectivity index (χ3n) is 3.90. The van der Waals surface area contributed by atoms with Gasteiger partial charge in [0.2, 0.25) is 5.16 Å². The number of carbonyl (C=O) groups excluding carboxylic acids is 1. The Hall–Kier alpha value is -1.15. The van der Waals surface area contributed by atoms with Crippen LogP contribution in [0.3, 0.4) is 0 Å². The van der Waals surface area contributed by atoms with E-state index in [2.05, 4.69) is 20.8 Å². The Morgan fingerprint density at radius 1 is 1.52 bits per heavy atom. The smallest absolute Gasteiger partial charge is 0.326 e. The number of tetrazole rings is 1. The molecule has 1 N–H and O–H groups in total. The van der Waals surface area contributed by atoms with Crippen LogP contribution in [0.4, 0.5) is 0 Å². The Kier molecular flexibility index (Phi) is 5.58. The van der Waals surface area contributed by atoms with E-state index >= 15 is 0 Å². The highest BCUT2D eigenvalue weighted by molar-refractivity contribution is 7.99. The second-order valence-corrected chi connectivity index (χ2v) is 6.38. The maximum Gasteiger partial charge on any atom is 0.326 e. The number of aromatic nitrogens is 4. The number of hydrogen-bond donors (Lipinski definition) is 1. The van der Waals surface area contributed by atoms with Gasteiger partial charge in [-0.1, -0.05) is 24.6 Å². The van der Waals surface area contributed by atoms with Crippen molar-refractivity contribution in [2.75, 3.05) is 19.4 Å². The summed E-state index contributed by atoms with van der Waals surface area (Å²) in [5.74, 6) is 0.273. The third-order valence-corrected chi connectivity index (χ3v) is 5.15. The average Bonchev–Trinajstić information content (AvgIpc) is 3.15. The van der Waals surface area contributed by atoms with Crippen LogP contribution in [-0.4, -0.2) is 51.1 Å². The molecule has 1 aromatic rings.